The highest BCUT2D eigenvalue weighted by atomic mass is 16.5. The molecule has 0 unspecified atom stereocenters. The molecular weight excluding hydrogens is 214 g/mol. The van der Waals surface area contributed by atoms with Crippen molar-refractivity contribution in [2.24, 2.45) is 0 Å². The van der Waals surface area contributed by atoms with Crippen LogP contribution in [0.15, 0.2) is 0 Å². The summed E-state index contributed by atoms with van der Waals surface area (Å²) in [5, 5.41) is 9.53. The molecule has 0 rings (SSSR count). The monoisotopic (exact) mass is 241 g/mol. The van der Waals surface area contributed by atoms with Crippen LogP contribution >= 0.6 is 0 Å². The van der Waals surface area contributed by atoms with Crippen LogP contribution in [0.1, 0.15) is 41.5 Å². The third-order valence-electron chi connectivity index (χ3n) is 2.43. The van der Waals surface area contributed by atoms with E-state index in [0.717, 1.165) is 19.6 Å². The maximum atomic E-state index is 9.53. The summed E-state index contributed by atoms with van der Waals surface area (Å²) in [4.78, 5) is 2.31. The summed E-state index contributed by atoms with van der Waals surface area (Å²) in [6.45, 7) is 15.1. The van der Waals surface area contributed by atoms with E-state index in [4.69, 9.17) is 4.74 Å². The highest BCUT2D eigenvalue weighted by Crippen LogP contribution is 2.09. The maximum Gasteiger partial charge on any atom is 0.123 e. The molecule has 0 aromatic heterocycles. The van der Waals surface area contributed by atoms with Crippen LogP contribution in [-0.4, -0.2) is 47.4 Å². The summed E-state index contributed by atoms with van der Waals surface area (Å²) >= 11 is 0. The maximum absolute atomic E-state index is 9.53. The molecule has 0 spiro atoms. The van der Waals surface area contributed by atoms with Crippen LogP contribution in [0.25, 0.3) is 0 Å². The Kier molecular flexibility index (Phi) is 6.77. The zero-order chi connectivity index (χ0) is 13.5. The van der Waals surface area contributed by atoms with Gasteiger partial charge in [-0.2, -0.15) is 0 Å². The van der Waals surface area contributed by atoms with E-state index in [9.17, 15) is 5.11 Å². The Labute approximate surface area is 106 Å². The standard InChI is InChI=1S/C14H27NO2/c1-7-15(8-2)11-12-17-14(5,6)10-9-13(3,4)16/h16H,7-8,11-12H2,1-6H3. The predicted molar refractivity (Wildman–Crippen MR) is 71.9 cm³/mol. The number of likely N-dealkylation sites (N-methyl/N-ethyl adjacent to an activating group) is 1. The molecule has 3 heteroatoms. The van der Waals surface area contributed by atoms with E-state index in [0.29, 0.717) is 6.61 Å². The zero-order valence-electron chi connectivity index (χ0n) is 12.1. The van der Waals surface area contributed by atoms with E-state index in [2.05, 4.69) is 30.6 Å². The van der Waals surface area contributed by atoms with Crippen LogP contribution in [0.3, 0.4) is 0 Å². The minimum atomic E-state index is -0.959. The van der Waals surface area contributed by atoms with Gasteiger partial charge in [-0.05, 0) is 40.8 Å². The fraction of sp³-hybridized carbons (Fsp3) is 0.857. The average molecular weight is 241 g/mol. The first-order valence-corrected chi connectivity index (χ1v) is 6.33. The Hall–Kier alpha value is -0.560. The lowest BCUT2D eigenvalue weighted by Crippen LogP contribution is -2.31. The molecule has 0 atom stereocenters. The van der Waals surface area contributed by atoms with Gasteiger partial charge in [-0.25, -0.2) is 0 Å². The van der Waals surface area contributed by atoms with Crippen molar-refractivity contribution in [3.05, 3.63) is 0 Å². The van der Waals surface area contributed by atoms with Gasteiger partial charge < -0.3 is 14.7 Å². The lowest BCUT2D eigenvalue weighted by molar-refractivity contribution is 0.0145. The van der Waals surface area contributed by atoms with Crippen LogP contribution in [0, 0.1) is 11.8 Å². The molecule has 0 saturated carbocycles. The molecule has 0 heterocycles. The van der Waals surface area contributed by atoms with Crippen molar-refractivity contribution in [1.29, 1.82) is 0 Å². The first-order valence-electron chi connectivity index (χ1n) is 6.33. The number of aliphatic hydroxyl groups is 1. The summed E-state index contributed by atoms with van der Waals surface area (Å²) in [5.41, 5.74) is -1.47. The second-order valence-corrected chi connectivity index (χ2v) is 5.19. The molecule has 0 radical (unpaired) electrons. The molecule has 1 N–H and O–H groups in total. The Balaban J connectivity index is 4.13. The van der Waals surface area contributed by atoms with Gasteiger partial charge in [0.25, 0.3) is 0 Å². The van der Waals surface area contributed by atoms with Crippen LogP contribution in [-0.2, 0) is 4.74 Å². The van der Waals surface area contributed by atoms with Crippen LogP contribution in [0.2, 0.25) is 0 Å². The quantitative estimate of drug-likeness (QED) is 0.721. The highest BCUT2D eigenvalue weighted by molar-refractivity contribution is 5.17. The second kappa shape index (κ2) is 7.00. The molecule has 3 nitrogen and oxygen atoms in total. The minimum Gasteiger partial charge on any atom is -0.378 e. The van der Waals surface area contributed by atoms with Gasteiger partial charge in [0.15, 0.2) is 0 Å². The Morgan fingerprint density at radius 1 is 1.06 bits per heavy atom. The van der Waals surface area contributed by atoms with E-state index < -0.39 is 11.2 Å². The van der Waals surface area contributed by atoms with Crippen LogP contribution in [0.5, 0.6) is 0 Å². The van der Waals surface area contributed by atoms with E-state index in [1.54, 1.807) is 13.8 Å². The third-order valence-corrected chi connectivity index (χ3v) is 2.43. The smallest absolute Gasteiger partial charge is 0.123 e. The number of hydrogen-bond acceptors (Lipinski definition) is 3. The molecule has 0 amide bonds. The van der Waals surface area contributed by atoms with Crippen LogP contribution in [0.4, 0.5) is 0 Å². The lowest BCUT2D eigenvalue weighted by Gasteiger charge is -2.23. The second-order valence-electron chi connectivity index (χ2n) is 5.19. The summed E-state index contributed by atoms with van der Waals surface area (Å²) < 4.78 is 5.73. The molecule has 0 aromatic carbocycles. The first-order chi connectivity index (χ1) is 7.70. The van der Waals surface area contributed by atoms with Crippen molar-refractivity contribution in [2.75, 3.05) is 26.2 Å². The Morgan fingerprint density at radius 2 is 1.59 bits per heavy atom. The third kappa shape index (κ3) is 9.17. The van der Waals surface area contributed by atoms with Gasteiger partial charge in [-0.1, -0.05) is 25.7 Å². The Morgan fingerprint density at radius 3 is 2.00 bits per heavy atom. The highest BCUT2D eigenvalue weighted by Gasteiger charge is 2.16. The van der Waals surface area contributed by atoms with E-state index in [-0.39, 0.29) is 0 Å². The molecule has 0 aliphatic rings. The summed E-state index contributed by atoms with van der Waals surface area (Å²) in [7, 11) is 0. The molecule has 0 aliphatic heterocycles. The van der Waals surface area contributed by atoms with Gasteiger partial charge in [0.1, 0.15) is 11.2 Å². The van der Waals surface area contributed by atoms with Crippen molar-refractivity contribution < 1.29 is 9.84 Å². The van der Waals surface area contributed by atoms with Gasteiger partial charge in [-0.3, -0.25) is 0 Å². The number of rotatable bonds is 6. The van der Waals surface area contributed by atoms with E-state index >= 15 is 0 Å². The molecule has 0 aromatic rings. The average Bonchev–Trinajstić information content (AvgIpc) is 2.21. The normalized spacial score (nSPS) is 12.5. The Bertz CT molecular complexity index is 264. The van der Waals surface area contributed by atoms with Gasteiger partial charge >= 0.3 is 0 Å². The van der Waals surface area contributed by atoms with Gasteiger partial charge in [0.05, 0.1) is 6.61 Å². The lowest BCUT2D eigenvalue weighted by atomic mass is 10.1. The number of ether oxygens (including phenoxy) is 1. The number of hydrogen-bond donors (Lipinski definition) is 1. The van der Waals surface area contributed by atoms with Crippen molar-refractivity contribution in [2.45, 2.75) is 52.7 Å². The summed E-state index contributed by atoms with van der Waals surface area (Å²) in [6.07, 6.45) is 0. The SMILES string of the molecule is CCN(CC)CCOC(C)(C)C#CC(C)(C)O. The van der Waals surface area contributed by atoms with Gasteiger partial charge in [-0.15, -0.1) is 0 Å². The van der Waals surface area contributed by atoms with Gasteiger partial charge in [0, 0.05) is 6.54 Å². The molecule has 100 valence electrons. The molecule has 0 fully saturated rings. The summed E-state index contributed by atoms with van der Waals surface area (Å²) in [6, 6.07) is 0. The molecular formula is C14H27NO2. The van der Waals surface area contributed by atoms with Crippen molar-refractivity contribution in [3.63, 3.8) is 0 Å². The zero-order valence-corrected chi connectivity index (χ0v) is 12.1. The van der Waals surface area contributed by atoms with E-state index in [1.807, 2.05) is 13.8 Å². The van der Waals surface area contributed by atoms with Crippen molar-refractivity contribution >= 4 is 0 Å². The molecule has 0 saturated heterocycles. The first kappa shape index (κ1) is 16.4. The molecule has 17 heavy (non-hydrogen) atoms. The number of nitrogens with zero attached hydrogens (tertiary/aromatic N) is 1. The van der Waals surface area contributed by atoms with Crippen molar-refractivity contribution in [1.82, 2.24) is 4.90 Å². The fourth-order valence-corrected chi connectivity index (χ4v) is 1.31. The van der Waals surface area contributed by atoms with Crippen molar-refractivity contribution in [3.8, 4) is 11.8 Å². The van der Waals surface area contributed by atoms with Gasteiger partial charge in [0.2, 0.25) is 0 Å². The fourth-order valence-electron chi connectivity index (χ4n) is 1.31. The topological polar surface area (TPSA) is 32.7 Å². The largest absolute Gasteiger partial charge is 0.378 e. The molecule has 0 aliphatic carbocycles. The van der Waals surface area contributed by atoms with Crippen LogP contribution < -0.4 is 0 Å². The predicted octanol–water partition coefficient (Wildman–Crippen LogP) is 1.90. The molecule has 0 bridgehead atoms. The van der Waals surface area contributed by atoms with E-state index in [1.165, 1.54) is 0 Å². The summed E-state index contributed by atoms with van der Waals surface area (Å²) in [5.74, 6) is 5.76. The minimum absolute atomic E-state index is 0.507.